The Morgan fingerprint density at radius 3 is 2.63 bits per heavy atom. The van der Waals surface area contributed by atoms with Gasteiger partial charge in [0.15, 0.2) is 0 Å². The van der Waals surface area contributed by atoms with Crippen LogP contribution in [-0.4, -0.2) is 17.6 Å². The summed E-state index contributed by atoms with van der Waals surface area (Å²) >= 11 is 0. The zero-order valence-electron chi connectivity index (χ0n) is 12.0. The van der Waals surface area contributed by atoms with Gasteiger partial charge in [0, 0.05) is 11.5 Å². The molecule has 1 amide bonds. The van der Waals surface area contributed by atoms with Crippen LogP contribution in [0.4, 0.5) is 0 Å². The molecule has 0 aromatic carbocycles. The van der Waals surface area contributed by atoms with Gasteiger partial charge in [-0.15, -0.1) is 0 Å². The summed E-state index contributed by atoms with van der Waals surface area (Å²) in [5.41, 5.74) is -0.340. The highest BCUT2D eigenvalue weighted by molar-refractivity contribution is 5.78. The van der Waals surface area contributed by atoms with E-state index >= 15 is 0 Å². The average Bonchev–Trinajstić information content (AvgIpc) is 2.96. The highest BCUT2D eigenvalue weighted by atomic mass is 16.3. The van der Waals surface area contributed by atoms with Crippen molar-refractivity contribution in [3.8, 4) is 0 Å². The van der Waals surface area contributed by atoms with Crippen molar-refractivity contribution in [1.82, 2.24) is 5.32 Å². The van der Waals surface area contributed by atoms with Crippen LogP contribution in [-0.2, 0) is 10.4 Å². The van der Waals surface area contributed by atoms with E-state index in [2.05, 4.69) is 5.32 Å². The molecule has 0 aliphatic heterocycles. The minimum Gasteiger partial charge on any atom is -0.466 e. The second-order valence-electron chi connectivity index (χ2n) is 5.80. The number of carbonyl (C=O) groups excluding carboxylic acids is 1. The Hall–Kier alpha value is -1.29. The van der Waals surface area contributed by atoms with E-state index in [1.165, 1.54) is 0 Å². The number of rotatable bonds is 4. The number of amides is 1. The van der Waals surface area contributed by atoms with E-state index in [0.717, 1.165) is 37.0 Å². The van der Waals surface area contributed by atoms with Gasteiger partial charge in [-0.1, -0.05) is 12.8 Å². The van der Waals surface area contributed by atoms with Gasteiger partial charge in [0.2, 0.25) is 5.91 Å². The molecule has 1 aliphatic rings. The van der Waals surface area contributed by atoms with Gasteiger partial charge in [0.25, 0.3) is 0 Å². The van der Waals surface area contributed by atoms with Gasteiger partial charge in [0.1, 0.15) is 17.1 Å². The predicted molar refractivity (Wildman–Crippen MR) is 72.7 cm³/mol. The largest absolute Gasteiger partial charge is 0.466 e. The normalized spacial score (nSPS) is 19.4. The van der Waals surface area contributed by atoms with Gasteiger partial charge < -0.3 is 14.8 Å². The van der Waals surface area contributed by atoms with Crippen molar-refractivity contribution in [2.24, 2.45) is 5.92 Å². The summed E-state index contributed by atoms with van der Waals surface area (Å²) in [5, 5.41) is 13.4. The highest BCUT2D eigenvalue weighted by Gasteiger charge is 2.30. The predicted octanol–water partition coefficient (Wildman–Crippen LogP) is 2.41. The van der Waals surface area contributed by atoms with Crippen molar-refractivity contribution >= 4 is 5.91 Å². The molecule has 19 heavy (non-hydrogen) atoms. The molecule has 1 atom stereocenters. The SMILES string of the molecule is Cc1cc(C(C)(O)CNC(=O)C2CCCC2)c(C)o1. The van der Waals surface area contributed by atoms with Gasteiger partial charge in [-0.3, -0.25) is 4.79 Å². The molecule has 0 radical (unpaired) electrons. The standard InChI is InChI=1S/C15H23NO3/c1-10-8-13(11(2)19-10)15(3,18)9-16-14(17)12-6-4-5-7-12/h8,12,18H,4-7,9H2,1-3H3,(H,16,17). The molecule has 1 unspecified atom stereocenters. The van der Waals surface area contributed by atoms with E-state index in [-0.39, 0.29) is 18.4 Å². The van der Waals surface area contributed by atoms with Crippen molar-refractivity contribution in [3.63, 3.8) is 0 Å². The molecule has 1 saturated carbocycles. The first-order valence-electron chi connectivity index (χ1n) is 6.98. The topological polar surface area (TPSA) is 62.5 Å². The molecule has 1 fully saturated rings. The summed E-state index contributed by atoms with van der Waals surface area (Å²) in [5.74, 6) is 1.67. The molecular weight excluding hydrogens is 242 g/mol. The Morgan fingerprint density at radius 2 is 2.11 bits per heavy atom. The molecule has 0 spiro atoms. The number of nitrogens with one attached hydrogen (secondary N) is 1. The summed E-state index contributed by atoms with van der Waals surface area (Å²) in [7, 11) is 0. The number of aryl methyl sites for hydroxylation is 2. The second-order valence-corrected chi connectivity index (χ2v) is 5.80. The monoisotopic (exact) mass is 265 g/mol. The lowest BCUT2D eigenvalue weighted by molar-refractivity contribution is -0.126. The van der Waals surface area contributed by atoms with Crippen molar-refractivity contribution in [2.45, 2.75) is 52.1 Å². The maximum absolute atomic E-state index is 12.0. The molecule has 4 nitrogen and oxygen atoms in total. The summed E-state index contributed by atoms with van der Waals surface area (Å²) in [6.45, 7) is 5.61. The van der Waals surface area contributed by atoms with Gasteiger partial charge >= 0.3 is 0 Å². The average molecular weight is 265 g/mol. The van der Waals surface area contributed by atoms with Crippen molar-refractivity contribution in [1.29, 1.82) is 0 Å². The fourth-order valence-electron chi connectivity index (χ4n) is 2.85. The lowest BCUT2D eigenvalue weighted by Gasteiger charge is -2.24. The van der Waals surface area contributed by atoms with Crippen LogP contribution < -0.4 is 5.32 Å². The highest BCUT2D eigenvalue weighted by Crippen LogP contribution is 2.28. The van der Waals surface area contributed by atoms with E-state index in [9.17, 15) is 9.90 Å². The molecule has 1 aliphatic carbocycles. The maximum atomic E-state index is 12.0. The van der Waals surface area contributed by atoms with Crippen LogP contribution in [0.25, 0.3) is 0 Å². The molecule has 1 aromatic rings. The zero-order chi connectivity index (χ0) is 14.0. The number of hydrogen-bond acceptors (Lipinski definition) is 3. The van der Waals surface area contributed by atoms with Crippen LogP contribution >= 0.6 is 0 Å². The molecule has 1 heterocycles. The zero-order valence-corrected chi connectivity index (χ0v) is 12.0. The first-order chi connectivity index (χ1) is 8.90. The van der Waals surface area contributed by atoms with Crippen molar-refractivity contribution in [3.05, 3.63) is 23.2 Å². The quantitative estimate of drug-likeness (QED) is 0.878. The minimum absolute atomic E-state index is 0.0654. The first kappa shape index (κ1) is 14.1. The van der Waals surface area contributed by atoms with E-state index < -0.39 is 5.60 Å². The number of carbonyl (C=O) groups is 1. The molecule has 0 saturated heterocycles. The molecular formula is C15H23NO3. The molecule has 106 valence electrons. The van der Waals surface area contributed by atoms with Crippen molar-refractivity contribution < 1.29 is 14.3 Å². The van der Waals surface area contributed by atoms with Gasteiger partial charge in [-0.05, 0) is 39.7 Å². The number of aliphatic hydroxyl groups is 1. The van der Waals surface area contributed by atoms with E-state index in [1.807, 2.05) is 19.9 Å². The van der Waals surface area contributed by atoms with Gasteiger partial charge in [-0.25, -0.2) is 0 Å². The third-order valence-electron chi connectivity index (χ3n) is 3.95. The smallest absolute Gasteiger partial charge is 0.223 e. The Kier molecular flexibility index (Phi) is 3.99. The Labute approximate surface area is 114 Å². The van der Waals surface area contributed by atoms with Crippen LogP contribution in [0.2, 0.25) is 0 Å². The number of furan rings is 1. The lowest BCUT2D eigenvalue weighted by Crippen LogP contribution is -2.40. The van der Waals surface area contributed by atoms with E-state index in [1.54, 1.807) is 6.92 Å². The minimum atomic E-state index is -1.09. The fraction of sp³-hybridized carbons (Fsp3) is 0.667. The molecule has 2 N–H and O–H groups in total. The van der Waals surface area contributed by atoms with Gasteiger partial charge in [0.05, 0.1) is 6.54 Å². The maximum Gasteiger partial charge on any atom is 0.223 e. The Bertz CT molecular complexity index is 456. The third kappa shape index (κ3) is 3.18. The van der Waals surface area contributed by atoms with Gasteiger partial charge in [-0.2, -0.15) is 0 Å². The molecule has 1 aromatic heterocycles. The second kappa shape index (κ2) is 5.37. The van der Waals surface area contributed by atoms with Crippen LogP contribution in [0.15, 0.2) is 10.5 Å². The van der Waals surface area contributed by atoms with Crippen LogP contribution in [0.3, 0.4) is 0 Å². The third-order valence-corrected chi connectivity index (χ3v) is 3.95. The lowest BCUT2D eigenvalue weighted by atomic mass is 9.95. The molecule has 4 heteroatoms. The van der Waals surface area contributed by atoms with Crippen LogP contribution in [0.5, 0.6) is 0 Å². The molecule has 0 bridgehead atoms. The van der Waals surface area contributed by atoms with E-state index in [4.69, 9.17) is 4.42 Å². The summed E-state index contributed by atoms with van der Waals surface area (Å²) in [4.78, 5) is 12.0. The van der Waals surface area contributed by atoms with Crippen molar-refractivity contribution in [2.75, 3.05) is 6.54 Å². The fourth-order valence-corrected chi connectivity index (χ4v) is 2.85. The summed E-state index contributed by atoms with van der Waals surface area (Å²) in [6, 6.07) is 1.83. The summed E-state index contributed by atoms with van der Waals surface area (Å²) < 4.78 is 5.43. The van der Waals surface area contributed by atoms with E-state index in [0.29, 0.717) is 5.76 Å². The first-order valence-corrected chi connectivity index (χ1v) is 6.98. The number of hydrogen-bond donors (Lipinski definition) is 2. The van der Waals surface area contributed by atoms with Crippen LogP contribution in [0, 0.1) is 19.8 Å². The Morgan fingerprint density at radius 1 is 1.47 bits per heavy atom. The molecule has 2 rings (SSSR count). The Balaban J connectivity index is 1.97. The summed E-state index contributed by atoms with van der Waals surface area (Å²) in [6.07, 6.45) is 4.21. The van der Waals surface area contributed by atoms with Crippen LogP contribution in [0.1, 0.15) is 49.7 Å².